The van der Waals surface area contributed by atoms with E-state index in [1.54, 1.807) is 0 Å². The highest BCUT2D eigenvalue weighted by Crippen LogP contribution is 2.41. The summed E-state index contributed by atoms with van der Waals surface area (Å²) in [7, 11) is 0. The molecule has 3 aliphatic rings. The van der Waals surface area contributed by atoms with Gasteiger partial charge in [0.15, 0.2) is 0 Å². The molecule has 0 aromatic heterocycles. The molecule has 3 rings (SSSR count). The number of allylic oxidation sites excluding steroid dienone is 2. The topological polar surface area (TPSA) is 49.6 Å². The Bertz CT molecular complexity index is 650. The fourth-order valence-corrected chi connectivity index (χ4v) is 6.60. The average Bonchev–Trinajstić information content (AvgIpc) is 2.88. The smallest absolute Gasteiger partial charge is 0.236 e. The molecule has 1 fully saturated rings. The van der Waals surface area contributed by atoms with Gasteiger partial charge in [0.1, 0.15) is 6.04 Å². The summed E-state index contributed by atoms with van der Waals surface area (Å²) in [4.78, 5) is 17.3. The van der Waals surface area contributed by atoms with Crippen molar-refractivity contribution in [3.63, 3.8) is 0 Å². The minimum atomic E-state index is -0.191. The Hall–Kier alpha value is -1.13. The van der Waals surface area contributed by atoms with E-state index in [2.05, 4.69) is 70.4 Å². The minimum Gasteiger partial charge on any atom is -0.368 e. The van der Waals surface area contributed by atoms with E-state index in [1.807, 2.05) is 0 Å². The molecule has 27 heavy (non-hydrogen) atoms. The Labute approximate surface area is 165 Å². The fraction of sp³-hybridized carbons (Fsp3) is 0.783. The third-order valence-electron chi connectivity index (χ3n) is 7.00. The highest BCUT2D eigenvalue weighted by molar-refractivity contribution is 5.80. The lowest BCUT2D eigenvalue weighted by Gasteiger charge is -2.43. The number of carbonyl (C=O) groups is 1. The Kier molecular flexibility index (Phi) is 5.62. The van der Waals surface area contributed by atoms with Gasteiger partial charge in [-0.2, -0.15) is 0 Å². The molecule has 1 amide bonds. The quantitative estimate of drug-likeness (QED) is 0.766. The van der Waals surface area contributed by atoms with E-state index in [4.69, 9.17) is 5.73 Å². The summed E-state index contributed by atoms with van der Waals surface area (Å²) in [5.41, 5.74) is 8.98. The third kappa shape index (κ3) is 4.02. The molecule has 6 atom stereocenters. The molecule has 0 aromatic rings. The Morgan fingerprint density at radius 2 is 1.78 bits per heavy atom. The molecule has 2 N–H and O–H groups in total. The number of nitrogens with zero attached hydrogens (tertiary/aromatic N) is 2. The van der Waals surface area contributed by atoms with Gasteiger partial charge in [-0.25, -0.2) is 0 Å². The Morgan fingerprint density at radius 3 is 2.33 bits per heavy atom. The first kappa shape index (κ1) is 20.6. The zero-order valence-corrected chi connectivity index (χ0v) is 18.3. The van der Waals surface area contributed by atoms with E-state index < -0.39 is 0 Å². The lowest BCUT2D eigenvalue weighted by atomic mass is 9.72. The molecular formula is C23H39N3O. The summed E-state index contributed by atoms with van der Waals surface area (Å²) < 4.78 is 0. The maximum Gasteiger partial charge on any atom is 0.236 e. The molecule has 1 saturated heterocycles. The minimum absolute atomic E-state index is 0.179. The monoisotopic (exact) mass is 373 g/mol. The number of amides is 1. The highest BCUT2D eigenvalue weighted by atomic mass is 16.1. The van der Waals surface area contributed by atoms with Gasteiger partial charge in [0, 0.05) is 18.6 Å². The van der Waals surface area contributed by atoms with Gasteiger partial charge < -0.3 is 5.73 Å². The molecule has 4 heteroatoms. The summed E-state index contributed by atoms with van der Waals surface area (Å²) in [6.45, 7) is 17.7. The molecule has 0 aromatic carbocycles. The van der Waals surface area contributed by atoms with Crippen LogP contribution < -0.4 is 5.73 Å². The van der Waals surface area contributed by atoms with Crippen molar-refractivity contribution in [1.82, 2.24) is 9.80 Å². The number of carbonyl (C=O) groups excluding carboxylic acids is 1. The van der Waals surface area contributed by atoms with Crippen LogP contribution in [0.25, 0.3) is 0 Å². The van der Waals surface area contributed by atoms with Crippen molar-refractivity contribution in [1.29, 1.82) is 0 Å². The summed E-state index contributed by atoms with van der Waals surface area (Å²) >= 11 is 0. The molecule has 6 unspecified atom stereocenters. The maximum atomic E-state index is 12.3. The van der Waals surface area contributed by atoms with Crippen LogP contribution in [-0.4, -0.2) is 47.0 Å². The molecule has 4 nitrogen and oxygen atoms in total. The Morgan fingerprint density at radius 1 is 1.11 bits per heavy atom. The first-order chi connectivity index (χ1) is 12.5. The van der Waals surface area contributed by atoms with E-state index in [0.717, 1.165) is 13.2 Å². The molecule has 1 aliphatic heterocycles. The molecular weight excluding hydrogens is 334 g/mol. The number of primary amides is 1. The Balaban J connectivity index is 1.88. The van der Waals surface area contributed by atoms with Crippen molar-refractivity contribution in [2.75, 3.05) is 13.2 Å². The van der Waals surface area contributed by atoms with Crippen LogP contribution in [0, 0.1) is 23.2 Å². The van der Waals surface area contributed by atoms with Crippen molar-refractivity contribution < 1.29 is 4.79 Å². The van der Waals surface area contributed by atoms with E-state index in [-0.39, 0.29) is 17.4 Å². The number of hydrogen-bond acceptors (Lipinski definition) is 3. The zero-order chi connectivity index (χ0) is 20.1. The van der Waals surface area contributed by atoms with Gasteiger partial charge in [0.25, 0.3) is 0 Å². The van der Waals surface area contributed by atoms with Crippen LogP contribution in [0.4, 0.5) is 0 Å². The second-order valence-corrected chi connectivity index (χ2v) is 10.4. The summed E-state index contributed by atoms with van der Waals surface area (Å²) in [5.74, 6) is 1.57. The molecule has 0 saturated carbocycles. The first-order valence-electron chi connectivity index (χ1n) is 10.7. The predicted octanol–water partition coefficient (Wildman–Crippen LogP) is 3.79. The maximum absolute atomic E-state index is 12.3. The number of hydrogen-bond donors (Lipinski definition) is 1. The lowest BCUT2D eigenvalue weighted by Crippen LogP contribution is -2.51. The largest absolute Gasteiger partial charge is 0.368 e. The highest BCUT2D eigenvalue weighted by Gasteiger charge is 2.46. The van der Waals surface area contributed by atoms with Gasteiger partial charge in [0.2, 0.25) is 5.91 Å². The van der Waals surface area contributed by atoms with Crippen LogP contribution in [0.3, 0.4) is 0 Å². The van der Waals surface area contributed by atoms with Crippen LogP contribution in [-0.2, 0) is 4.79 Å². The van der Waals surface area contributed by atoms with Crippen molar-refractivity contribution >= 4 is 5.91 Å². The second kappa shape index (κ2) is 7.36. The van der Waals surface area contributed by atoms with E-state index in [9.17, 15) is 4.79 Å². The lowest BCUT2D eigenvalue weighted by molar-refractivity contribution is -0.122. The van der Waals surface area contributed by atoms with Crippen molar-refractivity contribution in [2.24, 2.45) is 28.9 Å². The third-order valence-corrected chi connectivity index (χ3v) is 7.00. The van der Waals surface area contributed by atoms with Crippen LogP contribution in [0.1, 0.15) is 61.3 Å². The van der Waals surface area contributed by atoms with E-state index in [0.29, 0.717) is 29.8 Å². The van der Waals surface area contributed by atoms with Crippen LogP contribution in [0.2, 0.25) is 0 Å². The van der Waals surface area contributed by atoms with Crippen molar-refractivity contribution in [2.45, 2.75) is 79.4 Å². The van der Waals surface area contributed by atoms with Crippen LogP contribution in [0.5, 0.6) is 0 Å². The van der Waals surface area contributed by atoms with Gasteiger partial charge >= 0.3 is 0 Å². The van der Waals surface area contributed by atoms with Gasteiger partial charge in [-0.3, -0.25) is 14.6 Å². The van der Waals surface area contributed by atoms with Crippen LogP contribution >= 0.6 is 0 Å². The molecule has 152 valence electrons. The molecule has 0 spiro atoms. The normalized spacial score (nSPS) is 40.6. The average molecular weight is 374 g/mol. The number of nitrogens with two attached hydrogens (primary N) is 1. The molecule has 0 radical (unpaired) electrons. The van der Waals surface area contributed by atoms with Gasteiger partial charge in [-0.15, -0.1) is 0 Å². The number of rotatable bonds is 3. The fourth-order valence-electron chi connectivity index (χ4n) is 6.60. The molecule has 2 aliphatic carbocycles. The van der Waals surface area contributed by atoms with Crippen LogP contribution in [0.15, 0.2) is 23.3 Å². The summed E-state index contributed by atoms with van der Waals surface area (Å²) in [6, 6.07) is 0.541. The van der Waals surface area contributed by atoms with Crippen molar-refractivity contribution in [3.8, 4) is 0 Å². The summed E-state index contributed by atoms with van der Waals surface area (Å²) in [5, 5.41) is 0. The summed E-state index contributed by atoms with van der Waals surface area (Å²) in [6.07, 6.45) is 7.19. The van der Waals surface area contributed by atoms with Crippen molar-refractivity contribution in [3.05, 3.63) is 23.3 Å². The first-order valence-corrected chi connectivity index (χ1v) is 10.7. The second-order valence-electron chi connectivity index (χ2n) is 10.4. The standard InChI is InChI=1S/C23H39N3O/c1-14-8-15(2)21(16(3)9-14)26-13-25(12-19(26)22(24)27)20-17(4)10-23(6,7)11-18(20)5/h8,10,14,16,18-21H,9,11-13H2,1-7H3,(H2,24,27). The zero-order valence-electron chi connectivity index (χ0n) is 18.3. The van der Waals surface area contributed by atoms with E-state index >= 15 is 0 Å². The van der Waals surface area contributed by atoms with Gasteiger partial charge in [0.05, 0.1) is 6.67 Å². The van der Waals surface area contributed by atoms with Gasteiger partial charge in [-0.1, -0.05) is 57.9 Å². The molecule has 0 bridgehead atoms. The van der Waals surface area contributed by atoms with E-state index in [1.165, 1.54) is 24.0 Å². The van der Waals surface area contributed by atoms with Gasteiger partial charge in [-0.05, 0) is 49.9 Å². The SMILES string of the molecule is CC1=CC(C)(C)CC(C)C1N1CC(C(N)=O)N(C2C(C)=CC(C)CC2C)C1. The predicted molar refractivity (Wildman–Crippen MR) is 112 cm³/mol. The molecule has 1 heterocycles.